The fourth-order valence-corrected chi connectivity index (χ4v) is 3.14. The Balaban J connectivity index is 1.99. The Labute approximate surface area is 128 Å². The maximum absolute atomic E-state index is 5.97. The van der Waals surface area contributed by atoms with E-state index in [1.54, 1.807) is 0 Å². The lowest BCUT2D eigenvalue weighted by Gasteiger charge is -2.40. The van der Waals surface area contributed by atoms with Crippen LogP contribution in [0.3, 0.4) is 0 Å². The summed E-state index contributed by atoms with van der Waals surface area (Å²) in [5, 5.41) is 0. The first-order chi connectivity index (χ1) is 9.54. The van der Waals surface area contributed by atoms with Crippen LogP contribution in [0.4, 0.5) is 0 Å². The minimum atomic E-state index is 0.178. The lowest BCUT2D eigenvalue weighted by atomic mass is 9.78. The van der Waals surface area contributed by atoms with E-state index in [1.165, 1.54) is 24.8 Å². The number of nitrogens with zero attached hydrogens (tertiary/aromatic N) is 1. The van der Waals surface area contributed by atoms with Gasteiger partial charge in [0, 0.05) is 12.5 Å². The molecule has 110 valence electrons. The lowest BCUT2D eigenvalue weighted by Crippen LogP contribution is -2.42. The van der Waals surface area contributed by atoms with Crippen molar-refractivity contribution in [3.05, 3.63) is 35.9 Å². The number of likely N-dealkylation sites (tertiary alicyclic amines) is 1. The van der Waals surface area contributed by atoms with E-state index in [0.717, 1.165) is 19.6 Å². The third-order valence-electron chi connectivity index (χ3n) is 4.90. The van der Waals surface area contributed by atoms with Crippen LogP contribution in [0.15, 0.2) is 30.3 Å². The molecule has 2 nitrogen and oxygen atoms in total. The summed E-state index contributed by atoms with van der Waals surface area (Å²) in [7, 11) is 0. The highest BCUT2D eigenvalue weighted by molar-refractivity contribution is 7.80. The Kier molecular flexibility index (Phi) is 5.17. The van der Waals surface area contributed by atoms with Crippen molar-refractivity contribution in [2.24, 2.45) is 11.1 Å². The molecule has 0 bridgehead atoms. The first-order valence-corrected chi connectivity index (χ1v) is 8.01. The average molecular weight is 290 g/mol. The van der Waals surface area contributed by atoms with Crippen LogP contribution in [0.2, 0.25) is 0 Å². The number of hydrogen-bond acceptors (Lipinski definition) is 2. The second-order valence-corrected chi connectivity index (χ2v) is 6.80. The van der Waals surface area contributed by atoms with Gasteiger partial charge in [-0.05, 0) is 36.9 Å². The molecule has 0 saturated carbocycles. The summed E-state index contributed by atoms with van der Waals surface area (Å²) in [5.74, 6) is 0.178. The van der Waals surface area contributed by atoms with Crippen molar-refractivity contribution in [1.29, 1.82) is 0 Å². The molecule has 2 rings (SSSR count). The van der Waals surface area contributed by atoms with Crippen LogP contribution in [0.25, 0.3) is 0 Å². The standard InChI is InChI=1S/C17H26N2S/c1-3-17(2)9-11-19(12-10-17)13-15(16(18)20)14-7-5-4-6-8-14/h4-8,15H,3,9-13H2,1-2H3,(H2,18,20). The minimum absolute atomic E-state index is 0.178. The van der Waals surface area contributed by atoms with Crippen molar-refractivity contribution in [3.8, 4) is 0 Å². The molecule has 0 spiro atoms. The quantitative estimate of drug-likeness (QED) is 0.841. The van der Waals surface area contributed by atoms with Gasteiger partial charge in [-0.1, -0.05) is 62.8 Å². The second kappa shape index (κ2) is 6.68. The molecule has 1 aliphatic rings. The largest absolute Gasteiger partial charge is 0.393 e. The average Bonchev–Trinajstić information content (AvgIpc) is 2.47. The topological polar surface area (TPSA) is 29.3 Å². The Morgan fingerprint density at radius 3 is 2.40 bits per heavy atom. The fourth-order valence-electron chi connectivity index (χ4n) is 2.93. The number of thiocarbonyl (C=S) groups is 1. The predicted octanol–water partition coefficient (Wildman–Crippen LogP) is 3.57. The zero-order valence-corrected chi connectivity index (χ0v) is 13.5. The summed E-state index contributed by atoms with van der Waals surface area (Å²) in [5.41, 5.74) is 7.74. The summed E-state index contributed by atoms with van der Waals surface area (Å²) < 4.78 is 0. The monoisotopic (exact) mass is 290 g/mol. The second-order valence-electron chi connectivity index (χ2n) is 6.33. The van der Waals surface area contributed by atoms with Gasteiger partial charge in [0.15, 0.2) is 0 Å². The third-order valence-corrected chi connectivity index (χ3v) is 5.19. The van der Waals surface area contributed by atoms with Crippen LogP contribution in [0.5, 0.6) is 0 Å². The van der Waals surface area contributed by atoms with E-state index in [0.29, 0.717) is 10.4 Å². The molecule has 1 aliphatic heterocycles. The number of rotatable bonds is 5. The smallest absolute Gasteiger partial charge is 0.0816 e. The Morgan fingerprint density at radius 1 is 1.30 bits per heavy atom. The fraction of sp³-hybridized carbons (Fsp3) is 0.588. The van der Waals surface area contributed by atoms with Gasteiger partial charge in [0.2, 0.25) is 0 Å². The third kappa shape index (κ3) is 3.80. The normalized spacial score (nSPS) is 20.5. The number of benzene rings is 1. The van der Waals surface area contributed by atoms with Gasteiger partial charge >= 0.3 is 0 Å². The molecule has 1 aromatic rings. The van der Waals surface area contributed by atoms with Crippen molar-refractivity contribution in [2.75, 3.05) is 19.6 Å². The van der Waals surface area contributed by atoms with Crippen LogP contribution >= 0.6 is 12.2 Å². The maximum atomic E-state index is 5.97. The van der Waals surface area contributed by atoms with E-state index < -0.39 is 0 Å². The SMILES string of the molecule is CCC1(C)CCN(CC(C(N)=S)c2ccccc2)CC1. The van der Waals surface area contributed by atoms with E-state index >= 15 is 0 Å². The van der Waals surface area contributed by atoms with Gasteiger partial charge in [-0.3, -0.25) is 0 Å². The summed E-state index contributed by atoms with van der Waals surface area (Å²) in [6, 6.07) is 10.4. The molecule has 0 amide bonds. The highest BCUT2D eigenvalue weighted by Gasteiger charge is 2.29. The van der Waals surface area contributed by atoms with Gasteiger partial charge in [0.05, 0.1) is 4.99 Å². The minimum Gasteiger partial charge on any atom is -0.393 e. The molecular formula is C17H26N2S. The molecule has 1 fully saturated rings. The molecule has 0 aliphatic carbocycles. The highest BCUT2D eigenvalue weighted by atomic mass is 32.1. The summed E-state index contributed by atoms with van der Waals surface area (Å²) in [6.45, 7) is 8.00. The van der Waals surface area contributed by atoms with Gasteiger partial charge < -0.3 is 10.6 Å². The molecule has 1 unspecified atom stereocenters. The Bertz CT molecular complexity index is 436. The molecule has 3 heteroatoms. The highest BCUT2D eigenvalue weighted by Crippen LogP contribution is 2.34. The first kappa shape index (κ1) is 15.5. The Hall–Kier alpha value is -0.930. The zero-order chi connectivity index (χ0) is 14.6. The van der Waals surface area contributed by atoms with Crippen LogP contribution in [-0.2, 0) is 0 Å². The molecule has 1 saturated heterocycles. The van der Waals surface area contributed by atoms with E-state index in [-0.39, 0.29) is 5.92 Å². The molecule has 1 aromatic carbocycles. The molecule has 1 heterocycles. The van der Waals surface area contributed by atoms with Gasteiger partial charge in [0.25, 0.3) is 0 Å². The van der Waals surface area contributed by atoms with Crippen molar-refractivity contribution in [3.63, 3.8) is 0 Å². The lowest BCUT2D eigenvalue weighted by molar-refractivity contribution is 0.114. The molecule has 0 aromatic heterocycles. The summed E-state index contributed by atoms with van der Waals surface area (Å²) in [4.78, 5) is 3.13. The number of piperidine rings is 1. The number of hydrogen-bond donors (Lipinski definition) is 1. The summed E-state index contributed by atoms with van der Waals surface area (Å²) >= 11 is 5.29. The summed E-state index contributed by atoms with van der Waals surface area (Å²) in [6.07, 6.45) is 3.84. The predicted molar refractivity (Wildman–Crippen MR) is 90.0 cm³/mol. The van der Waals surface area contributed by atoms with Gasteiger partial charge in [-0.25, -0.2) is 0 Å². The zero-order valence-electron chi connectivity index (χ0n) is 12.6. The van der Waals surface area contributed by atoms with Crippen molar-refractivity contribution in [1.82, 2.24) is 4.90 Å². The van der Waals surface area contributed by atoms with Crippen molar-refractivity contribution >= 4 is 17.2 Å². The molecule has 1 atom stereocenters. The van der Waals surface area contributed by atoms with Crippen molar-refractivity contribution < 1.29 is 0 Å². The Morgan fingerprint density at radius 2 is 1.90 bits per heavy atom. The van der Waals surface area contributed by atoms with E-state index in [2.05, 4.69) is 43.0 Å². The molecular weight excluding hydrogens is 264 g/mol. The van der Waals surface area contributed by atoms with E-state index in [9.17, 15) is 0 Å². The van der Waals surface area contributed by atoms with E-state index in [1.807, 2.05) is 6.07 Å². The van der Waals surface area contributed by atoms with Gasteiger partial charge in [0.1, 0.15) is 0 Å². The van der Waals surface area contributed by atoms with E-state index in [4.69, 9.17) is 18.0 Å². The van der Waals surface area contributed by atoms with Crippen molar-refractivity contribution in [2.45, 2.75) is 39.0 Å². The van der Waals surface area contributed by atoms with Crippen LogP contribution in [0.1, 0.15) is 44.6 Å². The molecule has 20 heavy (non-hydrogen) atoms. The van der Waals surface area contributed by atoms with Gasteiger partial charge in [-0.15, -0.1) is 0 Å². The number of nitrogens with two attached hydrogens (primary N) is 1. The maximum Gasteiger partial charge on any atom is 0.0816 e. The molecule has 2 N–H and O–H groups in total. The van der Waals surface area contributed by atoms with Crippen LogP contribution < -0.4 is 5.73 Å². The van der Waals surface area contributed by atoms with Crippen LogP contribution in [0, 0.1) is 5.41 Å². The van der Waals surface area contributed by atoms with Crippen LogP contribution in [-0.4, -0.2) is 29.5 Å². The van der Waals surface area contributed by atoms with Gasteiger partial charge in [-0.2, -0.15) is 0 Å². The molecule has 0 radical (unpaired) electrons. The first-order valence-electron chi connectivity index (χ1n) is 7.61.